The number of nitrogens with zero attached hydrogens (tertiary/aromatic N) is 3. The van der Waals surface area contributed by atoms with Gasteiger partial charge in [0.15, 0.2) is 0 Å². The lowest BCUT2D eigenvalue weighted by Gasteiger charge is -2.43. The van der Waals surface area contributed by atoms with Crippen LogP contribution in [0, 0.1) is 0 Å². The molecule has 18 heavy (non-hydrogen) atoms. The third-order valence-electron chi connectivity index (χ3n) is 4.24. The van der Waals surface area contributed by atoms with Crippen molar-refractivity contribution in [2.24, 2.45) is 0 Å². The van der Waals surface area contributed by atoms with Crippen LogP contribution in [-0.4, -0.2) is 16.3 Å². The molecule has 4 heteroatoms. The van der Waals surface area contributed by atoms with E-state index in [4.69, 9.17) is 11.6 Å². The second-order valence-corrected chi connectivity index (χ2v) is 5.70. The van der Waals surface area contributed by atoms with Crippen LogP contribution in [0.2, 0.25) is 5.02 Å². The zero-order valence-corrected chi connectivity index (χ0v) is 11.0. The maximum Gasteiger partial charge on any atom is 0.131 e. The average molecular weight is 260 g/mol. The van der Waals surface area contributed by atoms with Gasteiger partial charge in [0.25, 0.3) is 0 Å². The second kappa shape index (κ2) is 3.29. The van der Waals surface area contributed by atoms with Gasteiger partial charge in [0.2, 0.25) is 0 Å². The number of hydrogen-bond donors (Lipinski definition) is 0. The monoisotopic (exact) mass is 259 g/mol. The Morgan fingerprint density at radius 3 is 3.11 bits per heavy atom. The molecule has 3 heterocycles. The molecule has 0 bridgehead atoms. The van der Waals surface area contributed by atoms with Gasteiger partial charge in [0.1, 0.15) is 5.66 Å². The summed E-state index contributed by atoms with van der Waals surface area (Å²) in [7, 11) is 0. The summed E-state index contributed by atoms with van der Waals surface area (Å²) >= 11 is 6.16. The lowest BCUT2D eigenvalue weighted by Crippen LogP contribution is -2.47. The van der Waals surface area contributed by atoms with Crippen LogP contribution in [0.1, 0.15) is 19.8 Å². The van der Waals surface area contributed by atoms with E-state index in [-0.39, 0.29) is 5.66 Å². The zero-order chi connectivity index (χ0) is 12.3. The highest BCUT2D eigenvalue weighted by atomic mass is 35.5. The second-order valence-electron chi connectivity index (χ2n) is 5.26. The lowest BCUT2D eigenvalue weighted by molar-refractivity contribution is 0.297. The molecule has 0 radical (unpaired) electrons. The summed E-state index contributed by atoms with van der Waals surface area (Å²) in [6.07, 6.45) is 4.22. The van der Waals surface area contributed by atoms with Crippen molar-refractivity contribution in [2.75, 3.05) is 11.4 Å². The fraction of sp³-hybridized carbons (Fsp3) is 0.357. The third kappa shape index (κ3) is 1.13. The highest BCUT2D eigenvalue weighted by Gasteiger charge is 2.44. The van der Waals surface area contributed by atoms with Gasteiger partial charge >= 0.3 is 0 Å². The van der Waals surface area contributed by atoms with Crippen molar-refractivity contribution < 1.29 is 0 Å². The van der Waals surface area contributed by atoms with Gasteiger partial charge in [-0.1, -0.05) is 11.6 Å². The molecular formula is C14H14ClN3. The Balaban J connectivity index is 2.07. The van der Waals surface area contributed by atoms with Crippen LogP contribution in [0.5, 0.6) is 0 Å². The Labute approximate surface area is 111 Å². The van der Waals surface area contributed by atoms with Gasteiger partial charge in [0.05, 0.1) is 5.69 Å². The topological polar surface area (TPSA) is 21.1 Å². The Morgan fingerprint density at radius 1 is 1.33 bits per heavy atom. The van der Waals surface area contributed by atoms with Crippen LogP contribution in [0.25, 0.3) is 11.3 Å². The summed E-state index contributed by atoms with van der Waals surface area (Å²) < 4.78 is 2.16. The highest BCUT2D eigenvalue weighted by molar-refractivity contribution is 6.31. The summed E-state index contributed by atoms with van der Waals surface area (Å²) in [6, 6.07) is 8.23. The number of halogens is 1. The van der Waals surface area contributed by atoms with Crippen molar-refractivity contribution in [1.82, 2.24) is 9.78 Å². The molecule has 2 aliphatic heterocycles. The number of fused-ring (bicyclic) bond motifs is 6. The molecule has 2 aromatic rings. The molecule has 92 valence electrons. The number of rotatable bonds is 0. The van der Waals surface area contributed by atoms with Crippen LogP contribution in [0.3, 0.4) is 0 Å². The Morgan fingerprint density at radius 2 is 2.22 bits per heavy atom. The van der Waals surface area contributed by atoms with Crippen molar-refractivity contribution >= 4 is 17.3 Å². The smallest absolute Gasteiger partial charge is 0.131 e. The number of aromatic nitrogens is 2. The van der Waals surface area contributed by atoms with Crippen molar-refractivity contribution in [3.05, 3.63) is 35.5 Å². The minimum absolute atomic E-state index is 0.0312. The van der Waals surface area contributed by atoms with Gasteiger partial charge < -0.3 is 4.90 Å². The summed E-state index contributed by atoms with van der Waals surface area (Å²) in [5, 5.41) is 5.34. The van der Waals surface area contributed by atoms with Crippen molar-refractivity contribution in [2.45, 2.75) is 25.4 Å². The van der Waals surface area contributed by atoms with Gasteiger partial charge in [-0.15, -0.1) is 0 Å². The third-order valence-corrected chi connectivity index (χ3v) is 4.47. The molecule has 1 aromatic carbocycles. The molecule has 0 aliphatic carbocycles. The first-order chi connectivity index (χ1) is 8.70. The standard InChI is InChI=1S/C14H14ClN3/c1-14-6-2-8-17(14)13-9-10(15)3-4-11(13)12-5-7-16-18(12)14/h3-5,7,9H,2,6,8H2,1H3. The van der Waals surface area contributed by atoms with E-state index >= 15 is 0 Å². The molecule has 1 unspecified atom stereocenters. The fourth-order valence-corrected chi connectivity index (χ4v) is 3.55. The molecule has 0 spiro atoms. The van der Waals surface area contributed by atoms with Crippen LogP contribution < -0.4 is 4.90 Å². The van der Waals surface area contributed by atoms with Gasteiger partial charge in [-0.05, 0) is 44.0 Å². The van der Waals surface area contributed by atoms with E-state index in [0.717, 1.165) is 18.0 Å². The van der Waals surface area contributed by atoms with Crippen LogP contribution in [0.4, 0.5) is 5.69 Å². The Kier molecular flexibility index (Phi) is 1.91. The maximum absolute atomic E-state index is 6.16. The minimum atomic E-state index is -0.0312. The fourth-order valence-electron chi connectivity index (χ4n) is 3.38. The first kappa shape index (κ1) is 10.4. The van der Waals surface area contributed by atoms with Crippen molar-refractivity contribution in [3.8, 4) is 11.3 Å². The molecule has 3 nitrogen and oxygen atoms in total. The van der Waals surface area contributed by atoms with Crippen LogP contribution >= 0.6 is 11.6 Å². The predicted octanol–water partition coefficient (Wildman–Crippen LogP) is 3.49. The predicted molar refractivity (Wildman–Crippen MR) is 72.9 cm³/mol. The van der Waals surface area contributed by atoms with E-state index in [1.807, 2.05) is 12.3 Å². The van der Waals surface area contributed by atoms with E-state index in [2.05, 4.69) is 39.8 Å². The summed E-state index contributed by atoms with van der Waals surface area (Å²) in [4.78, 5) is 2.44. The van der Waals surface area contributed by atoms with Gasteiger partial charge in [-0.3, -0.25) is 0 Å². The van der Waals surface area contributed by atoms with Crippen LogP contribution in [0.15, 0.2) is 30.5 Å². The van der Waals surface area contributed by atoms with Crippen molar-refractivity contribution in [1.29, 1.82) is 0 Å². The highest BCUT2D eigenvalue weighted by Crippen LogP contribution is 2.48. The first-order valence-electron chi connectivity index (χ1n) is 6.32. The van der Waals surface area contributed by atoms with E-state index in [0.29, 0.717) is 0 Å². The van der Waals surface area contributed by atoms with Crippen molar-refractivity contribution in [3.63, 3.8) is 0 Å². The average Bonchev–Trinajstić information content (AvgIpc) is 2.95. The minimum Gasteiger partial charge on any atom is -0.347 e. The normalized spacial score (nSPS) is 24.7. The lowest BCUT2D eigenvalue weighted by atomic mass is 10.0. The largest absolute Gasteiger partial charge is 0.347 e. The summed E-state index contributed by atoms with van der Waals surface area (Å²) in [5.41, 5.74) is 3.64. The molecule has 0 N–H and O–H groups in total. The molecule has 1 aromatic heterocycles. The number of benzene rings is 1. The maximum atomic E-state index is 6.16. The molecule has 2 aliphatic rings. The summed E-state index contributed by atoms with van der Waals surface area (Å²) in [5.74, 6) is 0. The molecule has 0 amide bonds. The molecule has 1 saturated heterocycles. The van der Waals surface area contributed by atoms with E-state index in [9.17, 15) is 0 Å². The molecular weight excluding hydrogens is 246 g/mol. The van der Waals surface area contributed by atoms with E-state index in [1.165, 1.54) is 23.4 Å². The van der Waals surface area contributed by atoms with E-state index < -0.39 is 0 Å². The molecule has 4 rings (SSSR count). The quantitative estimate of drug-likeness (QED) is 0.722. The van der Waals surface area contributed by atoms with E-state index in [1.54, 1.807) is 0 Å². The number of anilines is 1. The van der Waals surface area contributed by atoms with Gasteiger partial charge in [0, 0.05) is 29.0 Å². The first-order valence-corrected chi connectivity index (χ1v) is 6.70. The Bertz CT molecular complexity index is 634. The zero-order valence-electron chi connectivity index (χ0n) is 10.2. The van der Waals surface area contributed by atoms with Gasteiger partial charge in [-0.25, -0.2) is 4.68 Å². The number of hydrogen-bond acceptors (Lipinski definition) is 2. The van der Waals surface area contributed by atoms with Gasteiger partial charge in [-0.2, -0.15) is 5.10 Å². The van der Waals surface area contributed by atoms with Crippen LogP contribution in [-0.2, 0) is 5.66 Å². The molecule has 0 saturated carbocycles. The molecule has 1 atom stereocenters. The molecule has 1 fully saturated rings. The summed E-state index contributed by atoms with van der Waals surface area (Å²) in [6.45, 7) is 3.34. The Hall–Kier alpha value is -1.48. The SMILES string of the molecule is CC12CCCN1c1cc(Cl)ccc1-c1ccnn12.